The number of carbonyl (C=O) groups excluding carboxylic acids is 2. The predicted molar refractivity (Wildman–Crippen MR) is 109 cm³/mol. The van der Waals surface area contributed by atoms with Gasteiger partial charge in [0, 0.05) is 19.3 Å². The number of rotatable bonds is 21. The molecule has 0 aliphatic heterocycles. The molecule has 0 aromatic carbocycles. The van der Waals surface area contributed by atoms with Crippen molar-refractivity contribution in [2.45, 2.75) is 135 Å². The fourth-order valence-electron chi connectivity index (χ4n) is 3.37. The SMILES string of the molecule is CCCCCCCCCC(=O)CCCCCCCCCCCCC=O. The first-order chi connectivity index (χ1) is 12.3. The molecule has 0 radical (unpaired) electrons. The second-order valence-corrected chi connectivity index (χ2v) is 7.65. The van der Waals surface area contributed by atoms with Gasteiger partial charge < -0.3 is 4.79 Å². The Bertz CT molecular complexity index is 286. The molecule has 0 unspecified atom stereocenters. The van der Waals surface area contributed by atoms with Gasteiger partial charge in [0.25, 0.3) is 0 Å². The van der Waals surface area contributed by atoms with Crippen molar-refractivity contribution in [1.82, 2.24) is 0 Å². The standard InChI is InChI=1S/C23H44O2/c1-2-3-4-5-11-14-17-20-23(25)21-18-15-12-9-7-6-8-10-13-16-19-22-24/h22H,2-21H2,1H3. The fourth-order valence-corrected chi connectivity index (χ4v) is 3.37. The molecule has 0 N–H and O–H groups in total. The van der Waals surface area contributed by atoms with Crippen molar-refractivity contribution in [1.29, 1.82) is 0 Å². The van der Waals surface area contributed by atoms with Crippen molar-refractivity contribution in [3.05, 3.63) is 0 Å². The molecule has 0 spiro atoms. The minimum Gasteiger partial charge on any atom is -0.303 e. The van der Waals surface area contributed by atoms with Crippen LogP contribution in [-0.2, 0) is 9.59 Å². The lowest BCUT2D eigenvalue weighted by Gasteiger charge is -2.03. The average molecular weight is 353 g/mol. The highest BCUT2D eigenvalue weighted by molar-refractivity contribution is 5.78. The number of Topliss-reactive ketones (excluding diaryl/α,β-unsaturated/α-hetero) is 1. The second-order valence-electron chi connectivity index (χ2n) is 7.65. The zero-order valence-corrected chi connectivity index (χ0v) is 17.0. The van der Waals surface area contributed by atoms with Gasteiger partial charge in [-0.3, -0.25) is 4.79 Å². The summed E-state index contributed by atoms with van der Waals surface area (Å²) in [5, 5.41) is 0. The summed E-state index contributed by atoms with van der Waals surface area (Å²) in [6.07, 6.45) is 24.9. The molecule has 0 fully saturated rings. The monoisotopic (exact) mass is 352 g/mol. The molecule has 0 aromatic heterocycles. The van der Waals surface area contributed by atoms with Gasteiger partial charge in [-0.25, -0.2) is 0 Å². The van der Waals surface area contributed by atoms with Gasteiger partial charge >= 0.3 is 0 Å². The number of ketones is 1. The van der Waals surface area contributed by atoms with E-state index in [0.717, 1.165) is 44.8 Å². The van der Waals surface area contributed by atoms with E-state index in [1.165, 1.54) is 89.9 Å². The van der Waals surface area contributed by atoms with Crippen LogP contribution in [0.25, 0.3) is 0 Å². The highest BCUT2D eigenvalue weighted by Gasteiger charge is 2.02. The third-order valence-electron chi connectivity index (χ3n) is 5.09. The average Bonchev–Trinajstić information content (AvgIpc) is 2.62. The van der Waals surface area contributed by atoms with Crippen LogP contribution in [0.1, 0.15) is 135 Å². The maximum Gasteiger partial charge on any atom is 0.132 e. The van der Waals surface area contributed by atoms with Crippen LogP contribution in [0.4, 0.5) is 0 Å². The van der Waals surface area contributed by atoms with E-state index in [2.05, 4.69) is 6.92 Å². The summed E-state index contributed by atoms with van der Waals surface area (Å²) in [5.41, 5.74) is 0. The molecule has 0 amide bonds. The van der Waals surface area contributed by atoms with Gasteiger partial charge in [-0.1, -0.05) is 96.8 Å². The maximum absolute atomic E-state index is 11.8. The largest absolute Gasteiger partial charge is 0.303 e. The summed E-state index contributed by atoms with van der Waals surface area (Å²) < 4.78 is 0. The van der Waals surface area contributed by atoms with E-state index < -0.39 is 0 Å². The smallest absolute Gasteiger partial charge is 0.132 e. The zero-order chi connectivity index (χ0) is 18.4. The maximum atomic E-state index is 11.8. The van der Waals surface area contributed by atoms with Gasteiger partial charge in [-0.15, -0.1) is 0 Å². The van der Waals surface area contributed by atoms with E-state index in [1.54, 1.807) is 0 Å². The Balaban J connectivity index is 3.13. The van der Waals surface area contributed by atoms with Crippen LogP contribution in [0.2, 0.25) is 0 Å². The number of carbonyl (C=O) groups is 2. The van der Waals surface area contributed by atoms with Crippen LogP contribution < -0.4 is 0 Å². The van der Waals surface area contributed by atoms with E-state index in [0.29, 0.717) is 5.78 Å². The minimum atomic E-state index is 0.490. The first kappa shape index (κ1) is 24.3. The molecule has 0 saturated heterocycles. The van der Waals surface area contributed by atoms with Crippen LogP contribution in [-0.4, -0.2) is 12.1 Å². The zero-order valence-electron chi connectivity index (χ0n) is 17.0. The topological polar surface area (TPSA) is 34.1 Å². The molecular weight excluding hydrogens is 308 g/mol. The van der Waals surface area contributed by atoms with Crippen molar-refractivity contribution in [3.8, 4) is 0 Å². The Morgan fingerprint density at radius 3 is 1.32 bits per heavy atom. The van der Waals surface area contributed by atoms with Crippen molar-refractivity contribution in [3.63, 3.8) is 0 Å². The van der Waals surface area contributed by atoms with Gasteiger partial charge in [0.1, 0.15) is 12.1 Å². The molecule has 148 valence electrons. The molecule has 0 aromatic rings. The van der Waals surface area contributed by atoms with Crippen LogP contribution in [0.5, 0.6) is 0 Å². The highest BCUT2D eigenvalue weighted by Crippen LogP contribution is 2.13. The molecule has 0 rings (SSSR count). The van der Waals surface area contributed by atoms with Crippen molar-refractivity contribution < 1.29 is 9.59 Å². The Morgan fingerprint density at radius 2 is 0.920 bits per heavy atom. The predicted octanol–water partition coefficient (Wildman–Crippen LogP) is 7.58. The van der Waals surface area contributed by atoms with Crippen LogP contribution >= 0.6 is 0 Å². The summed E-state index contributed by atoms with van der Waals surface area (Å²) in [6, 6.07) is 0. The Morgan fingerprint density at radius 1 is 0.560 bits per heavy atom. The quantitative estimate of drug-likeness (QED) is 0.158. The highest BCUT2D eigenvalue weighted by atomic mass is 16.1. The van der Waals surface area contributed by atoms with E-state index in [9.17, 15) is 9.59 Å². The second kappa shape index (κ2) is 21.4. The van der Waals surface area contributed by atoms with Crippen LogP contribution in [0.3, 0.4) is 0 Å². The summed E-state index contributed by atoms with van der Waals surface area (Å²) >= 11 is 0. The Hall–Kier alpha value is -0.660. The molecule has 0 atom stereocenters. The number of hydrogen-bond acceptors (Lipinski definition) is 2. The molecule has 2 nitrogen and oxygen atoms in total. The number of unbranched alkanes of at least 4 members (excludes halogenated alkanes) is 16. The van der Waals surface area contributed by atoms with Gasteiger partial charge in [0.05, 0.1) is 0 Å². The minimum absolute atomic E-state index is 0.490. The molecule has 2 heteroatoms. The van der Waals surface area contributed by atoms with Gasteiger partial charge in [-0.2, -0.15) is 0 Å². The van der Waals surface area contributed by atoms with Crippen molar-refractivity contribution >= 4 is 12.1 Å². The number of hydrogen-bond donors (Lipinski definition) is 0. The third-order valence-corrected chi connectivity index (χ3v) is 5.09. The van der Waals surface area contributed by atoms with Crippen LogP contribution in [0, 0.1) is 0 Å². The first-order valence-electron chi connectivity index (χ1n) is 11.3. The lowest BCUT2D eigenvalue weighted by atomic mass is 10.0. The lowest BCUT2D eigenvalue weighted by Crippen LogP contribution is -1.97. The van der Waals surface area contributed by atoms with Gasteiger partial charge in [0.15, 0.2) is 0 Å². The number of aldehydes is 1. The molecular formula is C23H44O2. The molecule has 0 aliphatic rings. The Kier molecular flexibility index (Phi) is 20.8. The fraction of sp³-hybridized carbons (Fsp3) is 0.913. The molecule has 0 saturated carbocycles. The first-order valence-corrected chi connectivity index (χ1v) is 11.3. The summed E-state index contributed by atoms with van der Waals surface area (Å²) in [6.45, 7) is 2.25. The van der Waals surface area contributed by atoms with E-state index in [1.807, 2.05) is 0 Å². The van der Waals surface area contributed by atoms with Crippen molar-refractivity contribution in [2.24, 2.45) is 0 Å². The molecule has 0 heterocycles. The summed E-state index contributed by atoms with van der Waals surface area (Å²) in [5.74, 6) is 0.490. The van der Waals surface area contributed by atoms with Gasteiger partial charge in [0.2, 0.25) is 0 Å². The van der Waals surface area contributed by atoms with E-state index in [-0.39, 0.29) is 0 Å². The van der Waals surface area contributed by atoms with E-state index >= 15 is 0 Å². The lowest BCUT2D eigenvalue weighted by molar-refractivity contribution is -0.119. The van der Waals surface area contributed by atoms with E-state index in [4.69, 9.17) is 0 Å². The summed E-state index contributed by atoms with van der Waals surface area (Å²) in [4.78, 5) is 22.0. The normalized spacial score (nSPS) is 10.9. The molecule has 0 bridgehead atoms. The molecule has 0 aliphatic carbocycles. The van der Waals surface area contributed by atoms with Crippen molar-refractivity contribution in [2.75, 3.05) is 0 Å². The third kappa shape index (κ3) is 21.3. The molecule has 25 heavy (non-hydrogen) atoms. The summed E-state index contributed by atoms with van der Waals surface area (Å²) in [7, 11) is 0. The Labute approximate surface area is 157 Å². The van der Waals surface area contributed by atoms with Gasteiger partial charge in [-0.05, 0) is 19.3 Å². The van der Waals surface area contributed by atoms with Crippen LogP contribution in [0.15, 0.2) is 0 Å².